The molecule has 0 aromatic heterocycles. The molecule has 3 rings (SSSR count). The van der Waals surface area contributed by atoms with Crippen molar-refractivity contribution in [1.29, 1.82) is 0 Å². The van der Waals surface area contributed by atoms with Crippen LogP contribution >= 0.6 is 12.2 Å². The second-order valence-electron chi connectivity index (χ2n) is 6.90. The number of thiocarbonyl (C=S) groups is 1. The summed E-state index contributed by atoms with van der Waals surface area (Å²) in [5.41, 5.74) is 4.90. The zero-order valence-corrected chi connectivity index (χ0v) is 17.4. The van der Waals surface area contributed by atoms with Crippen LogP contribution in [0.5, 0.6) is 5.75 Å². The minimum atomic E-state index is 0.518. The van der Waals surface area contributed by atoms with Crippen molar-refractivity contribution in [3.05, 3.63) is 65.7 Å². The van der Waals surface area contributed by atoms with Crippen LogP contribution in [0.25, 0.3) is 0 Å². The molecule has 3 N–H and O–H groups in total. The second-order valence-corrected chi connectivity index (χ2v) is 7.31. The molecule has 0 aliphatic carbocycles. The Morgan fingerprint density at radius 3 is 2.69 bits per heavy atom. The van der Waals surface area contributed by atoms with Crippen LogP contribution in [0.4, 0.5) is 0 Å². The first-order valence-electron chi connectivity index (χ1n) is 10.1. The molecular weight excluding hydrogens is 384 g/mol. The van der Waals surface area contributed by atoms with E-state index < -0.39 is 0 Å². The van der Waals surface area contributed by atoms with Gasteiger partial charge in [-0.15, -0.1) is 0 Å². The third-order valence-electron chi connectivity index (χ3n) is 4.72. The molecule has 2 aromatic carbocycles. The maximum Gasteiger partial charge on any atom is 0.186 e. The predicted octanol–water partition coefficient (Wildman–Crippen LogP) is 1.37. The third kappa shape index (κ3) is 7.81. The van der Waals surface area contributed by atoms with Crippen LogP contribution in [-0.4, -0.2) is 50.7 Å². The predicted molar refractivity (Wildman–Crippen MR) is 120 cm³/mol. The van der Waals surface area contributed by atoms with Crippen molar-refractivity contribution in [2.24, 2.45) is 5.10 Å². The number of hydrogen-bond acceptors (Lipinski definition) is 4. The van der Waals surface area contributed by atoms with E-state index in [0.717, 1.165) is 62.7 Å². The van der Waals surface area contributed by atoms with Gasteiger partial charge in [0.15, 0.2) is 5.11 Å². The molecule has 6 nitrogen and oxygen atoms in total. The van der Waals surface area contributed by atoms with Crippen LogP contribution in [0.1, 0.15) is 17.5 Å². The van der Waals surface area contributed by atoms with Gasteiger partial charge in [-0.3, -0.25) is 5.43 Å². The van der Waals surface area contributed by atoms with Gasteiger partial charge in [-0.05, 0) is 29.9 Å². The first kappa shape index (κ1) is 21.2. The molecule has 0 unspecified atom stereocenters. The maximum atomic E-state index is 5.94. The van der Waals surface area contributed by atoms with Gasteiger partial charge in [0.25, 0.3) is 0 Å². The van der Waals surface area contributed by atoms with Gasteiger partial charge >= 0.3 is 0 Å². The quantitative estimate of drug-likeness (QED) is 0.251. The van der Waals surface area contributed by atoms with Gasteiger partial charge in [0.1, 0.15) is 25.4 Å². The largest absolute Gasteiger partial charge is 0.488 e. The van der Waals surface area contributed by atoms with Crippen molar-refractivity contribution >= 4 is 23.5 Å². The van der Waals surface area contributed by atoms with Gasteiger partial charge in [-0.1, -0.05) is 42.5 Å². The number of benzene rings is 2. The summed E-state index contributed by atoms with van der Waals surface area (Å²) in [6, 6.07) is 17.9. The molecule has 7 heteroatoms. The molecule has 1 aliphatic heterocycles. The van der Waals surface area contributed by atoms with E-state index in [2.05, 4.69) is 15.8 Å². The van der Waals surface area contributed by atoms with E-state index >= 15 is 0 Å². The molecule has 0 radical (unpaired) electrons. The van der Waals surface area contributed by atoms with Crippen LogP contribution in [-0.2, 0) is 11.3 Å². The molecule has 0 bridgehead atoms. The van der Waals surface area contributed by atoms with Gasteiger partial charge in [0.2, 0.25) is 0 Å². The van der Waals surface area contributed by atoms with E-state index in [1.807, 2.05) is 54.6 Å². The number of ether oxygens (including phenoxy) is 2. The molecule has 2 aromatic rings. The standard InChI is InChI=1S/C22H28N4O2S/c29-22(23-11-6-12-26-13-15-27-16-14-26)25-24-17-20-9-4-5-10-21(20)28-18-19-7-2-1-3-8-19/h1-5,7-10,17H,6,11-16,18H2,(H2,23,25,29)/p+1/b24-17-. The Labute approximate surface area is 177 Å². The van der Waals surface area contributed by atoms with E-state index in [1.54, 1.807) is 11.1 Å². The lowest BCUT2D eigenvalue weighted by Gasteiger charge is -2.23. The summed E-state index contributed by atoms with van der Waals surface area (Å²) in [7, 11) is 0. The second kappa shape index (κ2) is 12.2. The van der Waals surface area contributed by atoms with E-state index in [-0.39, 0.29) is 0 Å². The van der Waals surface area contributed by atoms with Crippen molar-refractivity contribution in [3.63, 3.8) is 0 Å². The smallest absolute Gasteiger partial charge is 0.186 e. The topological polar surface area (TPSA) is 59.3 Å². The Morgan fingerprint density at radius 2 is 1.86 bits per heavy atom. The Morgan fingerprint density at radius 1 is 1.10 bits per heavy atom. The first-order chi connectivity index (χ1) is 14.3. The minimum absolute atomic E-state index is 0.518. The summed E-state index contributed by atoms with van der Waals surface area (Å²) in [4.78, 5) is 1.60. The van der Waals surface area contributed by atoms with Crippen LogP contribution < -0.4 is 20.4 Å². The Bertz CT molecular complexity index is 779. The summed E-state index contributed by atoms with van der Waals surface area (Å²) < 4.78 is 11.3. The maximum absolute atomic E-state index is 5.94. The monoisotopic (exact) mass is 413 g/mol. The minimum Gasteiger partial charge on any atom is -0.488 e. The van der Waals surface area contributed by atoms with Crippen LogP contribution in [0.3, 0.4) is 0 Å². The number of quaternary nitrogens is 1. The molecule has 0 amide bonds. The summed E-state index contributed by atoms with van der Waals surface area (Å²) in [5.74, 6) is 0.786. The van der Waals surface area contributed by atoms with E-state index in [4.69, 9.17) is 21.7 Å². The Hall–Kier alpha value is -2.48. The SMILES string of the molecule is S=C(NCCC[NH+]1CCOCC1)N/N=C\c1ccccc1OCc1ccccc1. The van der Waals surface area contributed by atoms with Gasteiger partial charge in [-0.25, -0.2) is 0 Å². The number of para-hydroxylation sites is 1. The fourth-order valence-corrected chi connectivity index (χ4v) is 3.26. The van der Waals surface area contributed by atoms with Crippen molar-refractivity contribution in [2.75, 3.05) is 39.4 Å². The number of hydrogen-bond donors (Lipinski definition) is 3. The summed E-state index contributed by atoms with van der Waals surface area (Å²) in [6.45, 7) is 6.42. The van der Waals surface area contributed by atoms with Crippen molar-refractivity contribution in [1.82, 2.24) is 10.7 Å². The molecule has 1 heterocycles. The summed E-state index contributed by atoms with van der Waals surface area (Å²) >= 11 is 5.29. The Balaban J connectivity index is 1.38. The summed E-state index contributed by atoms with van der Waals surface area (Å²) in [6.07, 6.45) is 2.79. The number of rotatable bonds is 9. The molecule has 1 saturated heterocycles. The lowest BCUT2D eigenvalue weighted by molar-refractivity contribution is -0.908. The zero-order valence-electron chi connectivity index (χ0n) is 16.6. The van der Waals surface area contributed by atoms with Gasteiger partial charge in [0, 0.05) is 18.5 Å². The Kier molecular flexibility index (Phi) is 8.90. The zero-order chi connectivity index (χ0) is 20.2. The number of nitrogens with one attached hydrogen (secondary N) is 3. The first-order valence-corrected chi connectivity index (χ1v) is 10.5. The van der Waals surface area contributed by atoms with E-state index in [0.29, 0.717) is 11.7 Å². The van der Waals surface area contributed by atoms with E-state index in [9.17, 15) is 0 Å². The molecule has 1 fully saturated rings. The van der Waals surface area contributed by atoms with Gasteiger partial charge in [-0.2, -0.15) is 5.10 Å². The normalized spacial score (nSPS) is 14.6. The molecular formula is C22H29N4O2S+. The molecule has 154 valence electrons. The highest BCUT2D eigenvalue weighted by atomic mass is 32.1. The van der Waals surface area contributed by atoms with Gasteiger partial charge in [0.05, 0.1) is 26.0 Å². The fraction of sp³-hybridized carbons (Fsp3) is 0.364. The molecule has 29 heavy (non-hydrogen) atoms. The van der Waals surface area contributed by atoms with Crippen molar-refractivity contribution < 1.29 is 14.4 Å². The van der Waals surface area contributed by atoms with Crippen molar-refractivity contribution in [3.8, 4) is 5.75 Å². The molecule has 0 spiro atoms. The third-order valence-corrected chi connectivity index (χ3v) is 4.95. The average Bonchev–Trinajstić information content (AvgIpc) is 2.77. The van der Waals surface area contributed by atoms with E-state index in [1.165, 1.54) is 0 Å². The van der Waals surface area contributed by atoms with Crippen molar-refractivity contribution in [2.45, 2.75) is 13.0 Å². The lowest BCUT2D eigenvalue weighted by Crippen LogP contribution is -3.14. The van der Waals surface area contributed by atoms with Crippen LogP contribution in [0.15, 0.2) is 59.7 Å². The van der Waals surface area contributed by atoms with Gasteiger partial charge < -0.3 is 19.7 Å². The van der Waals surface area contributed by atoms with Crippen LogP contribution in [0, 0.1) is 0 Å². The average molecular weight is 414 g/mol. The molecule has 0 atom stereocenters. The highest BCUT2D eigenvalue weighted by Crippen LogP contribution is 2.17. The highest BCUT2D eigenvalue weighted by Gasteiger charge is 2.12. The number of hydrazone groups is 1. The summed E-state index contributed by atoms with van der Waals surface area (Å²) in [5, 5.41) is 7.97. The number of morpholine rings is 1. The molecule has 0 saturated carbocycles. The number of nitrogens with zero attached hydrogens (tertiary/aromatic N) is 1. The lowest BCUT2D eigenvalue weighted by atomic mass is 10.2. The highest BCUT2D eigenvalue weighted by molar-refractivity contribution is 7.80. The molecule has 1 aliphatic rings. The van der Waals surface area contributed by atoms with Crippen LogP contribution in [0.2, 0.25) is 0 Å². The fourth-order valence-electron chi connectivity index (χ4n) is 3.10.